The third kappa shape index (κ3) is 8.74. The molecule has 0 fully saturated rings. The molecule has 0 radical (unpaired) electrons. The van der Waals surface area contributed by atoms with E-state index in [9.17, 15) is 29.3 Å². The standard InChI is InChI=1S/C17H21N3O8/c1-2-27-15(22)7-4-8-18-14(21)11-28-16(23)10-19-17(24)12-5-3-6-13(9-12)20(25)26/h3,5-6,9H,2,4,7-8,10-11H2,1H3,(H,18,21)(H,19,24). The summed E-state index contributed by atoms with van der Waals surface area (Å²) in [6, 6.07) is 5.01. The summed E-state index contributed by atoms with van der Waals surface area (Å²) < 4.78 is 9.44. The number of nitro groups is 1. The maximum Gasteiger partial charge on any atom is 0.325 e. The van der Waals surface area contributed by atoms with E-state index in [0.717, 1.165) is 6.07 Å². The largest absolute Gasteiger partial charge is 0.466 e. The molecule has 0 bridgehead atoms. The number of non-ortho nitro benzene ring substituents is 1. The smallest absolute Gasteiger partial charge is 0.325 e. The van der Waals surface area contributed by atoms with E-state index in [1.165, 1.54) is 18.2 Å². The lowest BCUT2D eigenvalue weighted by molar-refractivity contribution is -0.384. The Balaban J connectivity index is 2.25. The van der Waals surface area contributed by atoms with E-state index in [2.05, 4.69) is 10.6 Å². The zero-order valence-corrected chi connectivity index (χ0v) is 15.3. The fourth-order valence-electron chi connectivity index (χ4n) is 1.96. The van der Waals surface area contributed by atoms with E-state index in [4.69, 9.17) is 9.47 Å². The monoisotopic (exact) mass is 395 g/mol. The number of rotatable bonds is 11. The highest BCUT2D eigenvalue weighted by Crippen LogP contribution is 2.12. The predicted molar refractivity (Wildman–Crippen MR) is 95.3 cm³/mol. The van der Waals surface area contributed by atoms with Crippen molar-refractivity contribution in [3.05, 3.63) is 39.9 Å². The quantitative estimate of drug-likeness (QED) is 0.235. The molecule has 1 aromatic rings. The number of amides is 2. The average Bonchev–Trinajstić information content (AvgIpc) is 2.68. The fourth-order valence-corrected chi connectivity index (χ4v) is 1.96. The summed E-state index contributed by atoms with van der Waals surface area (Å²) in [7, 11) is 0. The van der Waals surface area contributed by atoms with E-state index in [1.807, 2.05) is 0 Å². The van der Waals surface area contributed by atoms with Crippen LogP contribution in [-0.2, 0) is 23.9 Å². The molecule has 28 heavy (non-hydrogen) atoms. The first-order chi connectivity index (χ1) is 13.3. The Kier molecular flexibility index (Phi) is 9.65. The Hall–Kier alpha value is -3.50. The van der Waals surface area contributed by atoms with Crippen molar-refractivity contribution in [2.75, 3.05) is 26.3 Å². The molecule has 0 aromatic heterocycles. The molecule has 0 unspecified atom stereocenters. The van der Waals surface area contributed by atoms with Gasteiger partial charge in [-0.05, 0) is 19.4 Å². The molecule has 0 saturated heterocycles. The molecule has 0 atom stereocenters. The molecule has 2 amide bonds. The number of nitrogens with zero attached hydrogens (tertiary/aromatic N) is 1. The molecule has 1 rings (SSSR count). The number of hydrogen-bond acceptors (Lipinski definition) is 8. The molecule has 152 valence electrons. The van der Waals surface area contributed by atoms with Gasteiger partial charge in [-0.25, -0.2) is 0 Å². The van der Waals surface area contributed by atoms with Gasteiger partial charge in [-0.1, -0.05) is 6.07 Å². The number of esters is 2. The van der Waals surface area contributed by atoms with Crippen LogP contribution < -0.4 is 10.6 Å². The van der Waals surface area contributed by atoms with Crippen molar-refractivity contribution in [3.63, 3.8) is 0 Å². The van der Waals surface area contributed by atoms with Crippen molar-refractivity contribution in [1.82, 2.24) is 10.6 Å². The highest BCUT2D eigenvalue weighted by atomic mass is 16.6. The van der Waals surface area contributed by atoms with Crippen LogP contribution in [0.2, 0.25) is 0 Å². The lowest BCUT2D eigenvalue weighted by Crippen LogP contribution is -2.34. The summed E-state index contributed by atoms with van der Waals surface area (Å²) in [5, 5.41) is 15.4. The first kappa shape index (κ1) is 22.5. The van der Waals surface area contributed by atoms with Crippen LogP contribution in [0.1, 0.15) is 30.1 Å². The summed E-state index contributed by atoms with van der Waals surface area (Å²) >= 11 is 0. The summed E-state index contributed by atoms with van der Waals surface area (Å²) in [5.74, 6) is -2.45. The van der Waals surface area contributed by atoms with Crippen LogP contribution in [0.15, 0.2) is 24.3 Å². The van der Waals surface area contributed by atoms with Gasteiger partial charge in [0.25, 0.3) is 17.5 Å². The number of nitrogens with one attached hydrogen (secondary N) is 2. The van der Waals surface area contributed by atoms with E-state index >= 15 is 0 Å². The van der Waals surface area contributed by atoms with Gasteiger partial charge in [0.1, 0.15) is 6.54 Å². The van der Waals surface area contributed by atoms with Crippen LogP contribution in [0.3, 0.4) is 0 Å². The molecular formula is C17H21N3O8. The van der Waals surface area contributed by atoms with Gasteiger partial charge < -0.3 is 20.1 Å². The summed E-state index contributed by atoms with van der Waals surface area (Å²) in [4.78, 5) is 56.1. The SMILES string of the molecule is CCOC(=O)CCCNC(=O)COC(=O)CNC(=O)c1cccc([N+](=O)[O-])c1. The van der Waals surface area contributed by atoms with E-state index in [1.54, 1.807) is 6.92 Å². The van der Waals surface area contributed by atoms with Crippen LogP contribution >= 0.6 is 0 Å². The van der Waals surface area contributed by atoms with Gasteiger partial charge in [-0.3, -0.25) is 29.3 Å². The second kappa shape index (κ2) is 12.0. The second-order valence-corrected chi connectivity index (χ2v) is 5.41. The molecular weight excluding hydrogens is 374 g/mol. The summed E-state index contributed by atoms with van der Waals surface area (Å²) in [6.07, 6.45) is 0.551. The predicted octanol–water partition coefficient (Wildman–Crippen LogP) is 0.327. The molecule has 11 heteroatoms. The van der Waals surface area contributed by atoms with Crippen molar-refractivity contribution < 1.29 is 33.6 Å². The van der Waals surface area contributed by atoms with Gasteiger partial charge >= 0.3 is 11.9 Å². The minimum atomic E-state index is -0.847. The first-order valence-corrected chi connectivity index (χ1v) is 8.44. The number of carbonyl (C=O) groups is 4. The Labute approximate surface area is 160 Å². The number of carbonyl (C=O) groups excluding carboxylic acids is 4. The number of nitro benzene ring substituents is 1. The van der Waals surface area contributed by atoms with E-state index in [-0.39, 0.29) is 30.2 Å². The minimum Gasteiger partial charge on any atom is -0.466 e. The Morgan fingerprint density at radius 3 is 2.54 bits per heavy atom. The molecule has 0 saturated carbocycles. The average molecular weight is 395 g/mol. The molecule has 2 N–H and O–H groups in total. The van der Waals surface area contributed by atoms with Crippen molar-refractivity contribution in [3.8, 4) is 0 Å². The Morgan fingerprint density at radius 2 is 1.86 bits per heavy atom. The molecule has 0 spiro atoms. The summed E-state index contributed by atoms with van der Waals surface area (Å²) in [6.45, 7) is 1.17. The van der Waals surface area contributed by atoms with Crippen LogP contribution in [0.5, 0.6) is 0 Å². The van der Waals surface area contributed by atoms with Gasteiger partial charge in [0.15, 0.2) is 6.61 Å². The van der Waals surface area contributed by atoms with Crippen molar-refractivity contribution in [1.29, 1.82) is 0 Å². The maximum absolute atomic E-state index is 11.9. The lowest BCUT2D eigenvalue weighted by Gasteiger charge is -2.07. The van der Waals surface area contributed by atoms with Crippen molar-refractivity contribution >= 4 is 29.4 Å². The Morgan fingerprint density at radius 1 is 1.11 bits per heavy atom. The third-order valence-electron chi connectivity index (χ3n) is 3.26. The van der Waals surface area contributed by atoms with Crippen molar-refractivity contribution in [2.24, 2.45) is 0 Å². The van der Waals surface area contributed by atoms with Gasteiger partial charge in [-0.15, -0.1) is 0 Å². The first-order valence-electron chi connectivity index (χ1n) is 8.44. The zero-order valence-electron chi connectivity index (χ0n) is 15.3. The zero-order chi connectivity index (χ0) is 20.9. The van der Waals surface area contributed by atoms with Crippen molar-refractivity contribution in [2.45, 2.75) is 19.8 Å². The lowest BCUT2D eigenvalue weighted by atomic mass is 10.2. The molecule has 1 aromatic carbocycles. The number of hydrogen-bond donors (Lipinski definition) is 2. The van der Waals surface area contributed by atoms with Gasteiger partial charge in [0, 0.05) is 30.7 Å². The summed E-state index contributed by atoms with van der Waals surface area (Å²) in [5.41, 5.74) is -0.240. The molecule has 0 heterocycles. The fraction of sp³-hybridized carbons (Fsp3) is 0.412. The van der Waals surface area contributed by atoms with Crippen LogP contribution in [-0.4, -0.2) is 55.0 Å². The normalized spacial score (nSPS) is 9.89. The molecule has 0 aliphatic carbocycles. The number of benzene rings is 1. The highest BCUT2D eigenvalue weighted by molar-refractivity contribution is 5.96. The third-order valence-corrected chi connectivity index (χ3v) is 3.26. The van der Waals surface area contributed by atoms with E-state index in [0.29, 0.717) is 13.0 Å². The maximum atomic E-state index is 11.9. The Bertz CT molecular complexity index is 735. The van der Waals surface area contributed by atoms with Gasteiger partial charge in [-0.2, -0.15) is 0 Å². The number of ether oxygens (including phenoxy) is 2. The van der Waals surface area contributed by atoms with Crippen LogP contribution in [0.25, 0.3) is 0 Å². The van der Waals surface area contributed by atoms with Gasteiger partial charge in [0.05, 0.1) is 11.5 Å². The van der Waals surface area contributed by atoms with Gasteiger partial charge in [0.2, 0.25) is 0 Å². The van der Waals surface area contributed by atoms with E-state index < -0.39 is 35.9 Å². The van der Waals surface area contributed by atoms with Crippen LogP contribution in [0, 0.1) is 10.1 Å². The molecule has 11 nitrogen and oxygen atoms in total. The highest BCUT2D eigenvalue weighted by Gasteiger charge is 2.13. The van der Waals surface area contributed by atoms with Crippen LogP contribution in [0.4, 0.5) is 5.69 Å². The molecule has 0 aliphatic heterocycles. The molecule has 0 aliphatic rings. The second-order valence-electron chi connectivity index (χ2n) is 5.41. The minimum absolute atomic E-state index is 0.0151. The topological polar surface area (TPSA) is 154 Å².